The zero-order valence-electron chi connectivity index (χ0n) is 23.3. The summed E-state index contributed by atoms with van der Waals surface area (Å²) in [6.45, 7) is 0. The van der Waals surface area contributed by atoms with E-state index in [0.29, 0.717) is 0 Å². The van der Waals surface area contributed by atoms with Crippen LogP contribution in [0.4, 0.5) is 61.5 Å². The van der Waals surface area contributed by atoms with Gasteiger partial charge in [-0.1, -0.05) is 6.07 Å². The van der Waals surface area contributed by atoms with Gasteiger partial charge in [0, 0.05) is 22.3 Å². The molecule has 0 spiro atoms. The second-order valence-corrected chi connectivity index (χ2v) is 9.58. The first-order chi connectivity index (χ1) is 23.2. The molecule has 3 aromatic carbocycles. The van der Waals surface area contributed by atoms with Crippen LogP contribution >= 0.6 is 0 Å². The molecule has 50 heavy (non-hydrogen) atoms. The second kappa shape index (κ2) is 12.4. The highest BCUT2D eigenvalue weighted by Gasteiger charge is 2.48. The van der Waals surface area contributed by atoms with Crippen molar-refractivity contribution in [2.75, 3.05) is 0 Å². The van der Waals surface area contributed by atoms with Crippen LogP contribution in [0.15, 0.2) is 34.9 Å². The second-order valence-electron chi connectivity index (χ2n) is 9.58. The Morgan fingerprint density at radius 1 is 0.460 bits per heavy atom. The zero-order chi connectivity index (χ0) is 37.8. The van der Waals surface area contributed by atoms with Crippen LogP contribution in [-0.4, -0.2) is 0 Å². The molecule has 0 atom stereocenters. The minimum absolute atomic E-state index is 0.245. The molecule has 5 nitrogen and oxygen atoms in total. The summed E-state index contributed by atoms with van der Waals surface area (Å²) in [6.07, 6.45) is -12.2. The van der Waals surface area contributed by atoms with Gasteiger partial charge in [0.15, 0.2) is 46.5 Å². The number of alkyl halides is 6. The van der Waals surface area contributed by atoms with E-state index in [4.69, 9.17) is 5.26 Å². The van der Waals surface area contributed by atoms with E-state index >= 15 is 17.6 Å². The lowest BCUT2D eigenvalue weighted by atomic mass is 9.97. The normalized spacial score (nSPS) is 14.5. The Kier molecular flexibility index (Phi) is 8.99. The predicted octanol–water partition coefficient (Wildman–Crippen LogP) is 8.83. The largest absolute Gasteiger partial charge is 0.422 e. The summed E-state index contributed by atoms with van der Waals surface area (Å²) in [5.41, 5.74) is -20.7. The first kappa shape index (κ1) is 36.2. The predicted molar refractivity (Wildman–Crippen MR) is 136 cm³/mol. The standard InChI is InChI=1S/C31H3F14N5/c32-22-18(23(33)27(37)20(26(22)36)30(40,41)42)13(7-49)16-15(12(6-48)11-2-1-9(4-46)3-10(11)5-47)17(16)14(8-50)19-24(34)28(38)21(31(43,44)45)29(39)25(19)35/h1-3H. The Morgan fingerprint density at radius 2 is 0.800 bits per heavy atom. The van der Waals surface area contributed by atoms with Gasteiger partial charge in [-0.15, -0.1) is 0 Å². The van der Waals surface area contributed by atoms with Gasteiger partial charge in [0.05, 0.1) is 51.1 Å². The molecule has 0 amide bonds. The van der Waals surface area contributed by atoms with Crippen LogP contribution in [-0.2, 0) is 12.4 Å². The smallest absolute Gasteiger partial charge is 0.203 e. The Labute approximate surface area is 267 Å². The summed E-state index contributed by atoms with van der Waals surface area (Å²) < 4.78 is 198. The van der Waals surface area contributed by atoms with E-state index in [1.165, 1.54) is 12.1 Å². The summed E-state index contributed by atoms with van der Waals surface area (Å²) >= 11 is 0. The molecule has 0 heterocycles. The van der Waals surface area contributed by atoms with Gasteiger partial charge in [0.2, 0.25) is 0 Å². The average Bonchev–Trinajstić information content (AvgIpc) is 3.76. The van der Waals surface area contributed by atoms with E-state index < -0.39 is 126 Å². The molecule has 0 N–H and O–H groups in total. The molecule has 0 bridgehead atoms. The van der Waals surface area contributed by atoms with Crippen LogP contribution in [0.25, 0.3) is 16.7 Å². The van der Waals surface area contributed by atoms with Crippen LogP contribution in [0.1, 0.15) is 38.9 Å². The molecule has 0 aliphatic heterocycles. The van der Waals surface area contributed by atoms with E-state index in [1.54, 1.807) is 6.07 Å². The third kappa shape index (κ3) is 5.53. The fraction of sp³-hybridized carbons (Fsp3) is 0.0645. The molecule has 0 radical (unpaired) electrons. The Morgan fingerprint density at radius 3 is 1.08 bits per heavy atom. The van der Waals surface area contributed by atoms with Gasteiger partial charge in [-0.3, -0.25) is 0 Å². The van der Waals surface area contributed by atoms with Crippen molar-refractivity contribution in [3.8, 4) is 30.3 Å². The molecular weight excluding hydrogens is 708 g/mol. The van der Waals surface area contributed by atoms with Crippen molar-refractivity contribution in [1.82, 2.24) is 0 Å². The number of nitriles is 5. The van der Waals surface area contributed by atoms with Gasteiger partial charge < -0.3 is 0 Å². The van der Waals surface area contributed by atoms with E-state index in [0.717, 1.165) is 30.3 Å². The van der Waals surface area contributed by atoms with Gasteiger partial charge in [0.1, 0.15) is 29.3 Å². The number of halogens is 14. The highest BCUT2D eigenvalue weighted by molar-refractivity contribution is 6.12. The fourth-order valence-corrected chi connectivity index (χ4v) is 4.79. The van der Waals surface area contributed by atoms with Crippen molar-refractivity contribution in [3.05, 3.63) is 120 Å². The molecule has 1 saturated carbocycles. The Bertz CT molecular complexity index is 2200. The highest BCUT2D eigenvalue weighted by Crippen LogP contribution is 2.57. The molecule has 0 unspecified atom stereocenters. The van der Waals surface area contributed by atoms with E-state index in [-0.39, 0.29) is 5.56 Å². The van der Waals surface area contributed by atoms with Crippen molar-refractivity contribution in [1.29, 1.82) is 26.3 Å². The molecule has 0 saturated heterocycles. The molecular formula is C31H3F14N5. The molecule has 1 fully saturated rings. The maximum Gasteiger partial charge on any atom is 0.422 e. The van der Waals surface area contributed by atoms with Crippen LogP contribution in [0.5, 0.6) is 0 Å². The summed E-state index contributed by atoms with van der Waals surface area (Å²) in [5, 5.41) is 48.3. The number of nitrogens with zero attached hydrogens (tertiary/aromatic N) is 5. The van der Waals surface area contributed by atoms with Crippen molar-refractivity contribution in [3.63, 3.8) is 0 Å². The first-order valence-electron chi connectivity index (χ1n) is 12.5. The Hall–Kier alpha value is -6.65. The first-order valence-corrected chi connectivity index (χ1v) is 12.5. The molecule has 19 heteroatoms. The van der Waals surface area contributed by atoms with E-state index in [2.05, 4.69) is 0 Å². The van der Waals surface area contributed by atoms with Crippen molar-refractivity contribution in [2.24, 2.45) is 0 Å². The van der Waals surface area contributed by atoms with Crippen molar-refractivity contribution < 1.29 is 61.5 Å². The van der Waals surface area contributed by atoms with Crippen molar-refractivity contribution in [2.45, 2.75) is 12.4 Å². The fourth-order valence-electron chi connectivity index (χ4n) is 4.79. The minimum Gasteiger partial charge on any atom is -0.203 e. The SMILES string of the molecule is N#CC(=C1C(=C(C#N)c2c(F)c(F)c(C(F)(F)F)c(F)c2F)C1=C(C#N)c1c(F)c(F)c(C(F)(F)F)c(F)c1F)c1ccc(C#N)cc1C#N. The van der Waals surface area contributed by atoms with E-state index in [1.807, 2.05) is 0 Å². The number of allylic oxidation sites excluding steroid dienone is 6. The van der Waals surface area contributed by atoms with Crippen molar-refractivity contribution >= 4 is 16.7 Å². The molecule has 1 aliphatic carbocycles. The quantitative estimate of drug-likeness (QED) is 0.153. The van der Waals surface area contributed by atoms with Crippen LogP contribution in [0.2, 0.25) is 0 Å². The summed E-state index contributed by atoms with van der Waals surface area (Å²) in [5.74, 6) is -24.2. The Balaban J connectivity index is 2.32. The molecule has 4 rings (SSSR count). The minimum atomic E-state index is -6.08. The highest BCUT2D eigenvalue weighted by atomic mass is 19.4. The molecule has 0 aromatic heterocycles. The van der Waals surface area contributed by atoms with Gasteiger partial charge in [-0.25, -0.2) is 35.1 Å². The topological polar surface area (TPSA) is 119 Å². The lowest BCUT2D eigenvalue weighted by molar-refractivity contribution is -0.144. The number of rotatable bonds is 3. The summed E-state index contributed by atoms with van der Waals surface area (Å²) in [4.78, 5) is 0. The van der Waals surface area contributed by atoms with Crippen LogP contribution < -0.4 is 0 Å². The van der Waals surface area contributed by atoms with Crippen LogP contribution in [0.3, 0.4) is 0 Å². The van der Waals surface area contributed by atoms with Gasteiger partial charge in [-0.05, 0) is 12.1 Å². The molecule has 1 aliphatic rings. The van der Waals surface area contributed by atoms with Gasteiger partial charge >= 0.3 is 12.4 Å². The number of benzene rings is 3. The van der Waals surface area contributed by atoms with Crippen LogP contribution in [0, 0.1) is 103 Å². The molecule has 250 valence electrons. The summed E-state index contributed by atoms with van der Waals surface area (Å²) in [7, 11) is 0. The number of hydrogen-bond acceptors (Lipinski definition) is 5. The lowest BCUT2D eigenvalue weighted by Crippen LogP contribution is -2.17. The monoisotopic (exact) mass is 711 g/mol. The summed E-state index contributed by atoms with van der Waals surface area (Å²) in [6, 6.07) is 8.90. The maximum absolute atomic E-state index is 15.1. The maximum atomic E-state index is 15.1. The molecule has 3 aromatic rings. The lowest BCUT2D eigenvalue weighted by Gasteiger charge is -2.14. The zero-order valence-corrected chi connectivity index (χ0v) is 23.3. The van der Waals surface area contributed by atoms with Gasteiger partial charge in [0.25, 0.3) is 0 Å². The van der Waals surface area contributed by atoms with E-state index in [9.17, 15) is 65.0 Å². The number of hydrogen-bond donors (Lipinski definition) is 0. The average molecular weight is 711 g/mol. The third-order valence-electron chi connectivity index (χ3n) is 6.91. The van der Waals surface area contributed by atoms with Gasteiger partial charge in [-0.2, -0.15) is 52.7 Å². The third-order valence-corrected chi connectivity index (χ3v) is 6.91.